The summed E-state index contributed by atoms with van der Waals surface area (Å²) in [5.41, 5.74) is 0.851. The predicted molar refractivity (Wildman–Crippen MR) is 69.9 cm³/mol. The molecular formula is C15H16O3. The van der Waals surface area contributed by atoms with Gasteiger partial charge in [0.2, 0.25) is 0 Å². The normalized spacial score (nSPS) is 24.4. The molecule has 2 unspecified atom stereocenters. The number of carboxylic acids is 1. The number of hydrogen-bond donors (Lipinski definition) is 2. The maximum atomic E-state index is 11.3. The van der Waals surface area contributed by atoms with Crippen molar-refractivity contribution in [2.24, 2.45) is 5.41 Å². The van der Waals surface area contributed by atoms with Crippen LogP contribution in [-0.2, 0) is 4.79 Å². The Morgan fingerprint density at radius 1 is 1.33 bits per heavy atom. The number of benzene rings is 1. The Morgan fingerprint density at radius 2 is 2.00 bits per heavy atom. The maximum Gasteiger partial charge on any atom is 0.316 e. The van der Waals surface area contributed by atoms with Gasteiger partial charge >= 0.3 is 5.97 Å². The molecule has 1 aromatic rings. The molecule has 1 aromatic carbocycles. The van der Waals surface area contributed by atoms with Gasteiger partial charge in [-0.2, -0.15) is 0 Å². The van der Waals surface area contributed by atoms with Gasteiger partial charge < -0.3 is 10.2 Å². The second-order valence-corrected chi connectivity index (χ2v) is 4.58. The second kappa shape index (κ2) is 4.78. The first-order valence-corrected chi connectivity index (χ1v) is 5.92. The van der Waals surface area contributed by atoms with E-state index in [0.29, 0.717) is 6.42 Å². The van der Waals surface area contributed by atoms with Crippen LogP contribution in [0.2, 0.25) is 0 Å². The quantitative estimate of drug-likeness (QED) is 0.858. The molecule has 0 bridgehead atoms. The molecule has 2 N–H and O–H groups in total. The molecule has 0 aliphatic heterocycles. The number of rotatable bonds is 3. The van der Waals surface area contributed by atoms with Crippen LogP contribution in [0.4, 0.5) is 0 Å². The van der Waals surface area contributed by atoms with Crippen LogP contribution in [0.25, 0.3) is 5.57 Å². The lowest BCUT2D eigenvalue weighted by molar-refractivity contribution is -0.151. The molecule has 1 aliphatic carbocycles. The third-order valence-corrected chi connectivity index (χ3v) is 3.47. The number of hydrogen-bond acceptors (Lipinski definition) is 2. The number of carboxylic acid groups (broad SMARTS) is 1. The molecule has 0 amide bonds. The minimum Gasteiger partial charge on any atom is -0.481 e. The standard InChI is InChI=1S/C15H16O3/c1-11(16)15(14(17)18)9-7-13(8-10-15)12-5-3-2-4-6-12/h2-9,11,16H,10H2,1H3,(H,17,18). The second-order valence-electron chi connectivity index (χ2n) is 4.58. The first-order valence-electron chi connectivity index (χ1n) is 5.92. The molecule has 94 valence electrons. The summed E-state index contributed by atoms with van der Waals surface area (Å²) in [4.78, 5) is 11.3. The lowest BCUT2D eigenvalue weighted by Gasteiger charge is -2.30. The molecule has 0 radical (unpaired) electrons. The maximum absolute atomic E-state index is 11.3. The highest BCUT2D eigenvalue weighted by molar-refractivity contribution is 5.83. The fourth-order valence-electron chi connectivity index (χ4n) is 2.15. The minimum atomic E-state index is -1.20. The predicted octanol–water partition coefficient (Wildman–Crippen LogP) is 2.48. The van der Waals surface area contributed by atoms with E-state index in [-0.39, 0.29) is 0 Å². The van der Waals surface area contributed by atoms with E-state index < -0.39 is 17.5 Å². The largest absolute Gasteiger partial charge is 0.481 e. The monoisotopic (exact) mass is 244 g/mol. The van der Waals surface area contributed by atoms with E-state index >= 15 is 0 Å². The average Bonchev–Trinajstić information content (AvgIpc) is 2.39. The summed E-state index contributed by atoms with van der Waals surface area (Å²) >= 11 is 0. The van der Waals surface area contributed by atoms with Gasteiger partial charge in [0.05, 0.1) is 6.10 Å². The lowest BCUT2D eigenvalue weighted by atomic mass is 9.75. The van der Waals surface area contributed by atoms with Crippen LogP contribution in [0.1, 0.15) is 18.9 Å². The molecular weight excluding hydrogens is 228 g/mol. The lowest BCUT2D eigenvalue weighted by Crippen LogP contribution is -2.39. The summed E-state index contributed by atoms with van der Waals surface area (Å²) in [7, 11) is 0. The molecule has 0 saturated heterocycles. The molecule has 1 aliphatic rings. The average molecular weight is 244 g/mol. The summed E-state index contributed by atoms with van der Waals surface area (Å²) in [5, 5.41) is 19.0. The first kappa shape index (κ1) is 12.6. The Hall–Kier alpha value is -1.87. The van der Waals surface area contributed by atoms with Crippen molar-refractivity contribution in [3.8, 4) is 0 Å². The summed E-state index contributed by atoms with van der Waals surface area (Å²) in [6.45, 7) is 1.51. The van der Waals surface area contributed by atoms with Gasteiger partial charge in [0.1, 0.15) is 5.41 Å². The summed E-state index contributed by atoms with van der Waals surface area (Å²) < 4.78 is 0. The summed E-state index contributed by atoms with van der Waals surface area (Å²) in [5.74, 6) is -0.989. The van der Waals surface area contributed by atoms with E-state index in [1.54, 1.807) is 12.2 Å². The van der Waals surface area contributed by atoms with E-state index in [9.17, 15) is 15.0 Å². The van der Waals surface area contributed by atoms with Crippen molar-refractivity contribution < 1.29 is 15.0 Å². The molecule has 3 heteroatoms. The third-order valence-electron chi connectivity index (χ3n) is 3.47. The Kier molecular flexibility index (Phi) is 3.34. The van der Waals surface area contributed by atoms with Gasteiger partial charge in [-0.3, -0.25) is 4.79 Å². The van der Waals surface area contributed by atoms with Gasteiger partial charge in [-0.1, -0.05) is 48.6 Å². The fourth-order valence-corrected chi connectivity index (χ4v) is 2.15. The molecule has 0 aromatic heterocycles. The molecule has 0 fully saturated rings. The van der Waals surface area contributed by atoms with E-state index in [1.807, 2.05) is 36.4 Å². The van der Waals surface area contributed by atoms with Crippen LogP contribution in [0.3, 0.4) is 0 Å². The highest BCUT2D eigenvalue weighted by Gasteiger charge is 2.41. The van der Waals surface area contributed by atoms with E-state index in [4.69, 9.17) is 0 Å². The van der Waals surface area contributed by atoms with E-state index in [0.717, 1.165) is 11.1 Å². The van der Waals surface area contributed by atoms with Crippen LogP contribution in [0.5, 0.6) is 0 Å². The summed E-state index contributed by atoms with van der Waals surface area (Å²) in [6, 6.07) is 9.78. The Balaban J connectivity index is 2.28. The van der Waals surface area contributed by atoms with Crippen molar-refractivity contribution in [2.45, 2.75) is 19.4 Å². The molecule has 2 atom stereocenters. The van der Waals surface area contributed by atoms with Crippen LogP contribution in [0, 0.1) is 5.41 Å². The van der Waals surface area contributed by atoms with Crippen molar-refractivity contribution in [3.05, 3.63) is 54.1 Å². The van der Waals surface area contributed by atoms with Crippen LogP contribution >= 0.6 is 0 Å². The Morgan fingerprint density at radius 3 is 2.44 bits per heavy atom. The smallest absolute Gasteiger partial charge is 0.316 e. The van der Waals surface area contributed by atoms with Gasteiger partial charge in [-0.05, 0) is 24.5 Å². The Bertz CT molecular complexity index is 500. The van der Waals surface area contributed by atoms with Crippen molar-refractivity contribution >= 4 is 11.5 Å². The number of aliphatic hydroxyl groups excluding tert-OH is 1. The van der Waals surface area contributed by atoms with Gasteiger partial charge in [-0.15, -0.1) is 0 Å². The number of aliphatic carboxylic acids is 1. The van der Waals surface area contributed by atoms with Gasteiger partial charge in [0, 0.05) is 0 Å². The molecule has 18 heavy (non-hydrogen) atoms. The zero-order valence-corrected chi connectivity index (χ0v) is 10.2. The van der Waals surface area contributed by atoms with E-state index in [2.05, 4.69) is 0 Å². The summed E-state index contributed by atoms with van der Waals surface area (Å²) in [6.07, 6.45) is 4.64. The Labute approximate surface area is 106 Å². The van der Waals surface area contributed by atoms with Crippen LogP contribution in [-0.4, -0.2) is 22.3 Å². The van der Waals surface area contributed by atoms with Crippen LogP contribution in [0.15, 0.2) is 48.6 Å². The fraction of sp³-hybridized carbons (Fsp3) is 0.267. The number of allylic oxidation sites excluding steroid dienone is 3. The van der Waals surface area contributed by atoms with Crippen molar-refractivity contribution in [2.75, 3.05) is 0 Å². The van der Waals surface area contributed by atoms with Crippen molar-refractivity contribution in [1.82, 2.24) is 0 Å². The topological polar surface area (TPSA) is 57.5 Å². The van der Waals surface area contributed by atoms with Gasteiger partial charge in [-0.25, -0.2) is 0 Å². The zero-order chi connectivity index (χ0) is 13.2. The van der Waals surface area contributed by atoms with Crippen molar-refractivity contribution in [1.29, 1.82) is 0 Å². The highest BCUT2D eigenvalue weighted by Crippen LogP contribution is 2.36. The van der Waals surface area contributed by atoms with E-state index in [1.165, 1.54) is 6.92 Å². The molecule has 0 spiro atoms. The van der Waals surface area contributed by atoms with Crippen molar-refractivity contribution in [3.63, 3.8) is 0 Å². The first-order chi connectivity index (χ1) is 8.56. The minimum absolute atomic E-state index is 0.306. The number of carbonyl (C=O) groups is 1. The zero-order valence-electron chi connectivity index (χ0n) is 10.2. The molecule has 3 nitrogen and oxygen atoms in total. The highest BCUT2D eigenvalue weighted by atomic mass is 16.4. The molecule has 2 rings (SSSR count). The molecule has 0 saturated carbocycles. The van der Waals surface area contributed by atoms with Crippen LogP contribution < -0.4 is 0 Å². The van der Waals surface area contributed by atoms with Gasteiger partial charge in [0.15, 0.2) is 0 Å². The third kappa shape index (κ3) is 2.09. The SMILES string of the molecule is CC(O)C1(C(=O)O)C=CC(c2ccccc2)=CC1. The number of aliphatic hydroxyl groups is 1. The van der Waals surface area contributed by atoms with Gasteiger partial charge in [0.25, 0.3) is 0 Å². The molecule has 0 heterocycles.